The summed E-state index contributed by atoms with van der Waals surface area (Å²) >= 11 is 1.63. The summed E-state index contributed by atoms with van der Waals surface area (Å²) in [5.74, 6) is 0.158. The second kappa shape index (κ2) is 5.39. The predicted molar refractivity (Wildman–Crippen MR) is 69.9 cm³/mol. The van der Waals surface area contributed by atoms with Gasteiger partial charge in [-0.05, 0) is 32.4 Å². The van der Waals surface area contributed by atoms with Crippen molar-refractivity contribution in [3.63, 3.8) is 0 Å². The van der Waals surface area contributed by atoms with Crippen LogP contribution in [0.4, 0.5) is 0 Å². The van der Waals surface area contributed by atoms with E-state index in [0.717, 1.165) is 0 Å². The molecule has 1 aromatic rings. The van der Waals surface area contributed by atoms with Crippen molar-refractivity contribution in [2.45, 2.75) is 30.9 Å². The summed E-state index contributed by atoms with van der Waals surface area (Å²) in [6.07, 6.45) is 0. The normalized spacial score (nSPS) is 12.3. The van der Waals surface area contributed by atoms with Gasteiger partial charge in [0.15, 0.2) is 0 Å². The van der Waals surface area contributed by atoms with Crippen molar-refractivity contribution in [1.82, 2.24) is 4.90 Å². The van der Waals surface area contributed by atoms with Gasteiger partial charge in [-0.3, -0.25) is 4.79 Å². The molecule has 1 aromatic carbocycles. The monoisotopic (exact) mass is 237 g/mol. The van der Waals surface area contributed by atoms with E-state index in [2.05, 4.69) is 32.0 Å². The summed E-state index contributed by atoms with van der Waals surface area (Å²) in [4.78, 5) is 14.6. The summed E-state index contributed by atoms with van der Waals surface area (Å²) in [7, 11) is 3.59. The van der Waals surface area contributed by atoms with Gasteiger partial charge in [-0.1, -0.05) is 17.7 Å². The topological polar surface area (TPSA) is 20.3 Å². The molecule has 0 aliphatic heterocycles. The van der Waals surface area contributed by atoms with Crippen molar-refractivity contribution in [3.05, 3.63) is 29.3 Å². The Bertz CT molecular complexity index is 388. The third-order valence-corrected chi connectivity index (χ3v) is 3.68. The van der Waals surface area contributed by atoms with Crippen molar-refractivity contribution in [2.24, 2.45) is 0 Å². The van der Waals surface area contributed by atoms with Gasteiger partial charge in [0.2, 0.25) is 5.91 Å². The fourth-order valence-electron chi connectivity index (χ4n) is 1.44. The third kappa shape index (κ3) is 3.27. The van der Waals surface area contributed by atoms with E-state index in [1.165, 1.54) is 16.0 Å². The van der Waals surface area contributed by atoms with Crippen molar-refractivity contribution in [2.75, 3.05) is 14.1 Å². The zero-order valence-corrected chi connectivity index (χ0v) is 11.4. The number of hydrogen-bond donors (Lipinski definition) is 0. The largest absolute Gasteiger partial charge is 0.348 e. The Balaban J connectivity index is 2.80. The van der Waals surface area contributed by atoms with Crippen LogP contribution in [0.5, 0.6) is 0 Å². The number of thioether (sulfide) groups is 1. The van der Waals surface area contributed by atoms with E-state index >= 15 is 0 Å². The molecule has 0 saturated carbocycles. The Morgan fingerprint density at radius 1 is 1.31 bits per heavy atom. The molecule has 2 nitrogen and oxygen atoms in total. The fraction of sp³-hybridized carbons (Fsp3) is 0.462. The van der Waals surface area contributed by atoms with Crippen molar-refractivity contribution in [1.29, 1.82) is 0 Å². The molecule has 1 amide bonds. The summed E-state index contributed by atoms with van der Waals surface area (Å²) in [6, 6.07) is 6.34. The molecule has 0 fully saturated rings. The maximum atomic E-state index is 11.7. The second-order valence-corrected chi connectivity index (χ2v) is 5.64. The minimum absolute atomic E-state index is 0.0319. The van der Waals surface area contributed by atoms with Crippen LogP contribution in [-0.2, 0) is 4.79 Å². The molecule has 88 valence electrons. The van der Waals surface area contributed by atoms with Crippen LogP contribution >= 0.6 is 11.8 Å². The van der Waals surface area contributed by atoms with Crippen LogP contribution in [0.2, 0.25) is 0 Å². The highest BCUT2D eigenvalue weighted by atomic mass is 32.2. The van der Waals surface area contributed by atoms with Crippen molar-refractivity contribution in [3.8, 4) is 0 Å². The Hall–Kier alpha value is -0.960. The van der Waals surface area contributed by atoms with Gasteiger partial charge < -0.3 is 4.90 Å². The Morgan fingerprint density at radius 3 is 2.50 bits per heavy atom. The molecule has 1 atom stereocenters. The first-order valence-corrected chi connectivity index (χ1v) is 6.25. The molecule has 0 spiro atoms. The molecule has 3 heteroatoms. The molecule has 0 aliphatic carbocycles. The predicted octanol–water partition coefficient (Wildman–Crippen LogP) is 2.87. The number of carbonyl (C=O) groups is 1. The molecule has 0 saturated heterocycles. The number of aryl methyl sites for hydroxylation is 2. The van der Waals surface area contributed by atoms with Crippen LogP contribution in [0.15, 0.2) is 23.1 Å². The number of hydrogen-bond acceptors (Lipinski definition) is 2. The molecule has 0 aromatic heterocycles. The van der Waals surface area contributed by atoms with Gasteiger partial charge in [0.25, 0.3) is 0 Å². The zero-order valence-electron chi connectivity index (χ0n) is 10.6. The Labute approximate surface area is 102 Å². The summed E-state index contributed by atoms with van der Waals surface area (Å²) in [5, 5.41) is -0.0319. The summed E-state index contributed by atoms with van der Waals surface area (Å²) in [6.45, 7) is 6.10. The minimum atomic E-state index is -0.0319. The number of nitrogens with zero attached hydrogens (tertiary/aromatic N) is 1. The Morgan fingerprint density at radius 2 is 1.94 bits per heavy atom. The van der Waals surface area contributed by atoms with Gasteiger partial charge in [0, 0.05) is 19.0 Å². The fourth-order valence-corrected chi connectivity index (χ4v) is 2.64. The molecule has 0 heterocycles. The lowest BCUT2D eigenvalue weighted by molar-refractivity contribution is -0.127. The van der Waals surface area contributed by atoms with Gasteiger partial charge in [-0.15, -0.1) is 11.8 Å². The maximum absolute atomic E-state index is 11.7. The van der Waals surface area contributed by atoms with Crippen LogP contribution in [0.1, 0.15) is 18.1 Å². The molecule has 0 radical (unpaired) electrons. The third-order valence-electron chi connectivity index (χ3n) is 2.44. The van der Waals surface area contributed by atoms with Gasteiger partial charge >= 0.3 is 0 Å². The van der Waals surface area contributed by atoms with E-state index in [4.69, 9.17) is 0 Å². The highest BCUT2D eigenvalue weighted by molar-refractivity contribution is 8.00. The van der Waals surface area contributed by atoms with Gasteiger partial charge in [-0.25, -0.2) is 0 Å². The maximum Gasteiger partial charge on any atom is 0.235 e. The average molecular weight is 237 g/mol. The smallest absolute Gasteiger partial charge is 0.235 e. The lowest BCUT2D eigenvalue weighted by Gasteiger charge is -2.17. The van der Waals surface area contributed by atoms with E-state index < -0.39 is 0 Å². The number of amides is 1. The van der Waals surface area contributed by atoms with Crippen LogP contribution in [0, 0.1) is 13.8 Å². The summed E-state index contributed by atoms with van der Waals surface area (Å²) < 4.78 is 0. The highest BCUT2D eigenvalue weighted by Gasteiger charge is 2.16. The van der Waals surface area contributed by atoms with Crippen molar-refractivity contribution < 1.29 is 4.79 Å². The van der Waals surface area contributed by atoms with Gasteiger partial charge in [0.05, 0.1) is 5.25 Å². The van der Waals surface area contributed by atoms with Crippen molar-refractivity contribution >= 4 is 17.7 Å². The molecular formula is C13H19NOS. The van der Waals surface area contributed by atoms with Crippen LogP contribution in [0.25, 0.3) is 0 Å². The SMILES string of the molecule is Cc1ccc(C)c(S[C@@H](C)C(=O)N(C)C)c1. The number of carbonyl (C=O) groups excluding carboxylic acids is 1. The first-order chi connectivity index (χ1) is 7.41. The van der Waals surface area contributed by atoms with Gasteiger partial charge in [-0.2, -0.15) is 0 Å². The molecule has 16 heavy (non-hydrogen) atoms. The first kappa shape index (κ1) is 13.1. The van der Waals surface area contributed by atoms with Crippen LogP contribution < -0.4 is 0 Å². The number of rotatable bonds is 3. The number of benzene rings is 1. The molecule has 0 unspecified atom stereocenters. The standard InChI is InChI=1S/C13H19NOS/c1-9-6-7-10(2)12(8-9)16-11(3)13(15)14(4)5/h6-8,11H,1-5H3/t11-/m0/s1. The molecule has 1 rings (SSSR count). The lowest BCUT2D eigenvalue weighted by atomic mass is 10.2. The summed E-state index contributed by atoms with van der Waals surface area (Å²) in [5.41, 5.74) is 2.46. The molecule has 0 bridgehead atoms. The quantitative estimate of drug-likeness (QED) is 0.753. The highest BCUT2D eigenvalue weighted by Crippen LogP contribution is 2.28. The lowest BCUT2D eigenvalue weighted by Crippen LogP contribution is -2.29. The van der Waals surface area contributed by atoms with E-state index in [1.54, 1.807) is 30.8 Å². The van der Waals surface area contributed by atoms with Crippen LogP contribution in [-0.4, -0.2) is 30.2 Å². The molecule has 0 aliphatic rings. The molecule has 0 N–H and O–H groups in total. The first-order valence-electron chi connectivity index (χ1n) is 5.37. The van der Waals surface area contributed by atoms with Crippen LogP contribution in [0.3, 0.4) is 0 Å². The van der Waals surface area contributed by atoms with E-state index in [0.29, 0.717) is 0 Å². The minimum Gasteiger partial charge on any atom is -0.348 e. The van der Waals surface area contributed by atoms with E-state index in [9.17, 15) is 4.79 Å². The van der Waals surface area contributed by atoms with Gasteiger partial charge in [0.1, 0.15) is 0 Å². The average Bonchev–Trinajstić information content (AvgIpc) is 2.22. The van der Waals surface area contributed by atoms with E-state index in [1.807, 2.05) is 6.92 Å². The second-order valence-electron chi connectivity index (χ2n) is 4.26. The Kier molecular flexibility index (Phi) is 4.42. The van der Waals surface area contributed by atoms with E-state index in [-0.39, 0.29) is 11.2 Å². The molecular weight excluding hydrogens is 218 g/mol. The zero-order chi connectivity index (χ0) is 12.3.